The Morgan fingerprint density at radius 1 is 1.12 bits per heavy atom. The van der Waals surface area contributed by atoms with Crippen LogP contribution in [0.4, 0.5) is 4.39 Å². The number of hydrogen-bond acceptors (Lipinski definition) is 4. The molecule has 0 aliphatic heterocycles. The minimum Gasteiger partial charge on any atom is -0.257 e. The summed E-state index contributed by atoms with van der Waals surface area (Å²) in [5, 5.41) is 18.5. The van der Waals surface area contributed by atoms with Crippen molar-refractivity contribution < 1.29 is 12.8 Å². The van der Waals surface area contributed by atoms with Crippen LogP contribution in [-0.2, 0) is 16.6 Å². The van der Waals surface area contributed by atoms with Gasteiger partial charge in [-0.3, -0.25) is 4.68 Å². The fourth-order valence-corrected chi connectivity index (χ4v) is 3.26. The van der Waals surface area contributed by atoms with Crippen LogP contribution < -0.4 is 5.14 Å². The molecule has 0 amide bonds. The van der Waals surface area contributed by atoms with Crippen molar-refractivity contribution in [3.63, 3.8) is 0 Å². The smallest absolute Gasteiger partial charge is 0.238 e. The highest BCUT2D eigenvalue weighted by atomic mass is 32.2. The highest BCUT2D eigenvalue weighted by Crippen LogP contribution is 2.34. The third-order valence-electron chi connectivity index (χ3n) is 3.60. The van der Waals surface area contributed by atoms with Crippen molar-refractivity contribution in [2.45, 2.75) is 11.4 Å². The highest BCUT2D eigenvalue weighted by molar-refractivity contribution is 7.89. The van der Waals surface area contributed by atoms with Gasteiger partial charge in [-0.05, 0) is 23.8 Å². The van der Waals surface area contributed by atoms with E-state index in [1.807, 2.05) is 6.07 Å². The molecular weight excluding hydrogens is 343 g/mol. The molecule has 6 nitrogen and oxygen atoms in total. The first-order valence-corrected chi connectivity index (χ1v) is 8.77. The van der Waals surface area contributed by atoms with Gasteiger partial charge in [0.1, 0.15) is 18.1 Å². The standard InChI is InChI=1S/C17H13FN4O2S/c18-13-7-5-12(6-8-13)15-11-22(10-9-19)21-17(15)14-3-1-2-4-16(14)25(20,23)24/h1-8,11H,10H2,(H2,20,23,24). The van der Waals surface area contributed by atoms with Gasteiger partial charge in [0.05, 0.1) is 11.0 Å². The summed E-state index contributed by atoms with van der Waals surface area (Å²) < 4.78 is 38.4. The van der Waals surface area contributed by atoms with Gasteiger partial charge in [0.25, 0.3) is 0 Å². The predicted molar refractivity (Wildman–Crippen MR) is 90.0 cm³/mol. The molecule has 8 heteroatoms. The van der Waals surface area contributed by atoms with E-state index in [1.165, 1.54) is 22.9 Å². The zero-order chi connectivity index (χ0) is 18.0. The average molecular weight is 356 g/mol. The maximum atomic E-state index is 13.2. The lowest BCUT2D eigenvalue weighted by Gasteiger charge is -2.07. The lowest BCUT2D eigenvalue weighted by molar-refractivity contribution is 0.598. The van der Waals surface area contributed by atoms with Crippen LogP contribution in [0.25, 0.3) is 22.4 Å². The molecule has 0 saturated carbocycles. The Bertz CT molecular complexity index is 1070. The number of rotatable bonds is 4. The molecule has 25 heavy (non-hydrogen) atoms. The predicted octanol–water partition coefficient (Wildman–Crippen LogP) is 2.53. The first kappa shape index (κ1) is 16.8. The zero-order valence-electron chi connectivity index (χ0n) is 12.9. The van der Waals surface area contributed by atoms with E-state index in [0.717, 1.165) is 0 Å². The number of benzene rings is 2. The van der Waals surface area contributed by atoms with Gasteiger partial charge in [0.15, 0.2) is 0 Å². The molecule has 0 spiro atoms. The highest BCUT2D eigenvalue weighted by Gasteiger charge is 2.20. The molecule has 0 aliphatic rings. The quantitative estimate of drug-likeness (QED) is 0.776. The number of halogens is 1. The summed E-state index contributed by atoms with van der Waals surface area (Å²) in [5.74, 6) is -0.389. The van der Waals surface area contributed by atoms with Crippen molar-refractivity contribution in [3.05, 3.63) is 60.5 Å². The average Bonchev–Trinajstić information content (AvgIpc) is 2.99. The molecule has 0 fully saturated rings. The Labute approximate surface area is 144 Å². The van der Waals surface area contributed by atoms with Gasteiger partial charge in [-0.1, -0.05) is 30.3 Å². The Kier molecular flexibility index (Phi) is 4.35. The third-order valence-corrected chi connectivity index (χ3v) is 4.57. The second kappa shape index (κ2) is 6.47. The molecule has 2 aromatic carbocycles. The fraction of sp³-hybridized carbons (Fsp3) is 0.0588. The molecule has 126 valence electrons. The van der Waals surface area contributed by atoms with Crippen LogP contribution in [0.5, 0.6) is 0 Å². The van der Waals surface area contributed by atoms with Gasteiger partial charge in [-0.25, -0.2) is 17.9 Å². The van der Waals surface area contributed by atoms with E-state index in [0.29, 0.717) is 22.4 Å². The summed E-state index contributed by atoms with van der Waals surface area (Å²) in [6.07, 6.45) is 1.62. The molecular formula is C17H13FN4O2S. The number of nitrogens with two attached hydrogens (primary N) is 1. The molecule has 3 aromatic rings. The Hall–Kier alpha value is -3.02. The van der Waals surface area contributed by atoms with Crippen LogP contribution in [0.3, 0.4) is 0 Å². The Morgan fingerprint density at radius 2 is 1.80 bits per heavy atom. The SMILES string of the molecule is N#CCn1cc(-c2ccc(F)cc2)c(-c2ccccc2S(N)(=O)=O)n1. The fourth-order valence-electron chi connectivity index (χ4n) is 2.52. The number of nitrogens with zero attached hydrogens (tertiary/aromatic N) is 3. The summed E-state index contributed by atoms with van der Waals surface area (Å²) in [7, 11) is -3.96. The minimum absolute atomic E-state index is 0.00820. The lowest BCUT2D eigenvalue weighted by atomic mass is 10.0. The number of hydrogen-bond donors (Lipinski definition) is 1. The topological polar surface area (TPSA) is 102 Å². The van der Waals surface area contributed by atoms with E-state index in [1.54, 1.807) is 36.5 Å². The third kappa shape index (κ3) is 3.42. The first-order valence-electron chi connectivity index (χ1n) is 7.22. The Balaban J connectivity index is 2.27. The van der Waals surface area contributed by atoms with E-state index >= 15 is 0 Å². The van der Waals surface area contributed by atoms with E-state index in [9.17, 15) is 12.8 Å². The van der Waals surface area contributed by atoms with Crippen molar-refractivity contribution in [2.24, 2.45) is 5.14 Å². The van der Waals surface area contributed by atoms with Crippen LogP contribution in [-0.4, -0.2) is 18.2 Å². The number of nitriles is 1. The molecule has 0 aliphatic carbocycles. The molecule has 0 atom stereocenters. The summed E-state index contributed by atoms with van der Waals surface area (Å²) in [6.45, 7) is -0.00820. The van der Waals surface area contributed by atoms with Crippen molar-refractivity contribution in [2.75, 3.05) is 0 Å². The first-order chi connectivity index (χ1) is 11.9. The van der Waals surface area contributed by atoms with E-state index in [4.69, 9.17) is 10.4 Å². The van der Waals surface area contributed by atoms with Crippen LogP contribution in [0.1, 0.15) is 0 Å². The molecule has 0 bridgehead atoms. The van der Waals surface area contributed by atoms with Crippen molar-refractivity contribution in [1.29, 1.82) is 5.26 Å². The normalized spacial score (nSPS) is 11.2. The van der Waals surface area contributed by atoms with Gasteiger partial charge in [-0.15, -0.1) is 0 Å². The van der Waals surface area contributed by atoms with Crippen LogP contribution in [0, 0.1) is 17.1 Å². The molecule has 2 N–H and O–H groups in total. The molecule has 3 rings (SSSR count). The minimum atomic E-state index is -3.96. The summed E-state index contributed by atoms with van der Waals surface area (Å²) >= 11 is 0. The van der Waals surface area contributed by atoms with Crippen LogP contribution >= 0.6 is 0 Å². The van der Waals surface area contributed by atoms with Gasteiger partial charge >= 0.3 is 0 Å². The maximum absolute atomic E-state index is 13.2. The lowest BCUT2D eigenvalue weighted by Crippen LogP contribution is -2.13. The summed E-state index contributed by atoms with van der Waals surface area (Å²) in [6, 6.07) is 13.9. The molecule has 1 aromatic heterocycles. The van der Waals surface area contributed by atoms with Crippen LogP contribution in [0.2, 0.25) is 0 Å². The van der Waals surface area contributed by atoms with Gasteiger partial charge < -0.3 is 0 Å². The van der Waals surface area contributed by atoms with Crippen molar-refractivity contribution >= 4 is 10.0 Å². The number of sulfonamides is 1. The molecule has 0 saturated heterocycles. The maximum Gasteiger partial charge on any atom is 0.238 e. The van der Waals surface area contributed by atoms with Gasteiger partial charge in [0.2, 0.25) is 10.0 Å². The van der Waals surface area contributed by atoms with Crippen LogP contribution in [0.15, 0.2) is 59.6 Å². The van der Waals surface area contributed by atoms with Gasteiger partial charge in [0, 0.05) is 17.3 Å². The van der Waals surface area contributed by atoms with E-state index in [-0.39, 0.29) is 17.3 Å². The largest absolute Gasteiger partial charge is 0.257 e. The summed E-state index contributed by atoms with van der Waals surface area (Å²) in [5.41, 5.74) is 1.89. The molecule has 0 radical (unpaired) electrons. The second-order valence-electron chi connectivity index (χ2n) is 5.30. The van der Waals surface area contributed by atoms with E-state index < -0.39 is 10.0 Å². The second-order valence-corrected chi connectivity index (χ2v) is 6.82. The van der Waals surface area contributed by atoms with Crippen molar-refractivity contribution in [1.82, 2.24) is 9.78 Å². The molecule has 0 unspecified atom stereocenters. The number of primary sulfonamides is 1. The van der Waals surface area contributed by atoms with Gasteiger partial charge in [-0.2, -0.15) is 10.4 Å². The molecule has 1 heterocycles. The van der Waals surface area contributed by atoms with Crippen molar-refractivity contribution in [3.8, 4) is 28.5 Å². The van der Waals surface area contributed by atoms with E-state index in [2.05, 4.69) is 5.10 Å². The Morgan fingerprint density at radius 3 is 2.44 bits per heavy atom. The number of aromatic nitrogens is 2. The summed E-state index contributed by atoms with van der Waals surface area (Å²) in [4.78, 5) is -0.0689. The monoisotopic (exact) mass is 356 g/mol. The zero-order valence-corrected chi connectivity index (χ0v) is 13.7.